The Labute approximate surface area is 153 Å². The summed E-state index contributed by atoms with van der Waals surface area (Å²) in [6.45, 7) is 6.72. The number of amides is 3. The Balaban J connectivity index is 1.74. The maximum absolute atomic E-state index is 12.8. The topological polar surface area (TPSA) is 78.5 Å². The summed E-state index contributed by atoms with van der Waals surface area (Å²) in [5, 5.41) is 0. The van der Waals surface area contributed by atoms with Crippen LogP contribution in [0.1, 0.15) is 39.2 Å². The molecular formula is C19H26FN3O3. The van der Waals surface area contributed by atoms with Crippen molar-refractivity contribution in [2.45, 2.75) is 40.0 Å². The molecule has 0 saturated carbocycles. The van der Waals surface area contributed by atoms with Gasteiger partial charge in [-0.3, -0.25) is 25.2 Å². The van der Waals surface area contributed by atoms with Gasteiger partial charge >= 0.3 is 0 Å². The van der Waals surface area contributed by atoms with E-state index in [0.717, 1.165) is 0 Å². The van der Waals surface area contributed by atoms with Crippen molar-refractivity contribution in [3.8, 4) is 0 Å². The number of hydrogen-bond donors (Lipinski definition) is 2. The van der Waals surface area contributed by atoms with Crippen LogP contribution in [-0.2, 0) is 20.8 Å². The van der Waals surface area contributed by atoms with Gasteiger partial charge in [-0.1, -0.05) is 32.9 Å². The molecule has 26 heavy (non-hydrogen) atoms. The standard InChI is InChI=1S/C19H26FN3O3/c1-19(2,3)18(26)23-10-8-14(9-11-23)17(25)22-21-16(24)12-13-4-6-15(20)7-5-13/h4-7,14H,8-12H2,1-3H3,(H,21,24)(H,22,25). The summed E-state index contributed by atoms with van der Waals surface area (Å²) in [7, 11) is 0. The lowest BCUT2D eigenvalue weighted by Crippen LogP contribution is -2.49. The van der Waals surface area contributed by atoms with Crippen molar-refractivity contribution >= 4 is 17.7 Å². The summed E-state index contributed by atoms with van der Waals surface area (Å²) >= 11 is 0. The van der Waals surface area contributed by atoms with Crippen LogP contribution in [0.3, 0.4) is 0 Å². The van der Waals surface area contributed by atoms with Gasteiger partial charge < -0.3 is 4.90 Å². The van der Waals surface area contributed by atoms with Crippen molar-refractivity contribution in [1.29, 1.82) is 0 Å². The number of rotatable bonds is 3. The minimum atomic E-state index is -0.427. The number of hydrazine groups is 1. The number of nitrogens with one attached hydrogen (secondary N) is 2. The fourth-order valence-corrected chi connectivity index (χ4v) is 2.88. The maximum atomic E-state index is 12.8. The predicted molar refractivity (Wildman–Crippen MR) is 95.1 cm³/mol. The third kappa shape index (κ3) is 5.54. The van der Waals surface area contributed by atoms with Gasteiger partial charge in [-0.15, -0.1) is 0 Å². The van der Waals surface area contributed by atoms with Crippen molar-refractivity contribution in [2.75, 3.05) is 13.1 Å². The molecule has 2 rings (SSSR count). The van der Waals surface area contributed by atoms with Crippen LogP contribution in [0.15, 0.2) is 24.3 Å². The summed E-state index contributed by atoms with van der Waals surface area (Å²) in [6, 6.07) is 5.62. The Hall–Kier alpha value is -2.44. The highest BCUT2D eigenvalue weighted by Crippen LogP contribution is 2.23. The second-order valence-corrected chi connectivity index (χ2v) is 7.66. The van der Waals surface area contributed by atoms with Crippen molar-refractivity contribution in [2.24, 2.45) is 11.3 Å². The Bertz CT molecular complexity index is 660. The third-order valence-corrected chi connectivity index (χ3v) is 4.40. The monoisotopic (exact) mass is 363 g/mol. The second kappa shape index (κ2) is 8.29. The first-order chi connectivity index (χ1) is 12.2. The normalized spacial score (nSPS) is 15.5. The summed E-state index contributed by atoms with van der Waals surface area (Å²) in [6.07, 6.45) is 1.20. The van der Waals surface area contributed by atoms with E-state index in [-0.39, 0.29) is 35.9 Å². The van der Waals surface area contributed by atoms with Gasteiger partial charge in [0, 0.05) is 24.4 Å². The molecule has 1 fully saturated rings. The molecule has 1 aromatic rings. The first-order valence-corrected chi connectivity index (χ1v) is 8.79. The van der Waals surface area contributed by atoms with Gasteiger partial charge in [0.25, 0.3) is 0 Å². The van der Waals surface area contributed by atoms with Crippen LogP contribution in [0.2, 0.25) is 0 Å². The van der Waals surface area contributed by atoms with E-state index >= 15 is 0 Å². The largest absolute Gasteiger partial charge is 0.342 e. The Morgan fingerprint density at radius 2 is 1.65 bits per heavy atom. The molecule has 0 radical (unpaired) electrons. The molecule has 0 atom stereocenters. The molecule has 3 amide bonds. The first-order valence-electron chi connectivity index (χ1n) is 8.79. The molecule has 0 spiro atoms. The molecule has 1 aromatic carbocycles. The zero-order valence-electron chi connectivity index (χ0n) is 15.5. The fourth-order valence-electron chi connectivity index (χ4n) is 2.88. The van der Waals surface area contributed by atoms with E-state index < -0.39 is 5.41 Å². The van der Waals surface area contributed by atoms with Crippen LogP contribution in [-0.4, -0.2) is 35.7 Å². The van der Waals surface area contributed by atoms with Gasteiger partial charge in [0.05, 0.1) is 6.42 Å². The minimum Gasteiger partial charge on any atom is -0.342 e. The van der Waals surface area contributed by atoms with E-state index in [2.05, 4.69) is 10.9 Å². The molecule has 1 aliphatic heterocycles. The van der Waals surface area contributed by atoms with Gasteiger partial charge in [-0.05, 0) is 30.5 Å². The lowest BCUT2D eigenvalue weighted by molar-refractivity contribution is -0.142. The third-order valence-electron chi connectivity index (χ3n) is 4.40. The zero-order valence-corrected chi connectivity index (χ0v) is 15.5. The minimum absolute atomic E-state index is 0.0547. The number of halogens is 1. The molecule has 142 valence electrons. The molecule has 1 saturated heterocycles. The highest BCUT2D eigenvalue weighted by atomic mass is 19.1. The second-order valence-electron chi connectivity index (χ2n) is 7.66. The predicted octanol–water partition coefficient (Wildman–Crippen LogP) is 1.80. The molecule has 6 nitrogen and oxygen atoms in total. The van der Waals surface area contributed by atoms with Crippen LogP contribution in [0.25, 0.3) is 0 Å². The summed E-state index contributed by atoms with van der Waals surface area (Å²) < 4.78 is 12.8. The van der Waals surface area contributed by atoms with Gasteiger partial charge in [0.1, 0.15) is 5.82 Å². The van der Waals surface area contributed by atoms with E-state index in [1.807, 2.05) is 20.8 Å². The van der Waals surface area contributed by atoms with Gasteiger partial charge in [0.2, 0.25) is 17.7 Å². The van der Waals surface area contributed by atoms with Crippen molar-refractivity contribution in [1.82, 2.24) is 15.8 Å². The number of nitrogens with zero attached hydrogens (tertiary/aromatic N) is 1. The van der Waals surface area contributed by atoms with Crippen LogP contribution in [0.5, 0.6) is 0 Å². The van der Waals surface area contributed by atoms with Crippen LogP contribution in [0, 0.1) is 17.2 Å². The average Bonchev–Trinajstić information content (AvgIpc) is 2.60. The molecule has 7 heteroatoms. The van der Waals surface area contributed by atoms with Gasteiger partial charge in [0.15, 0.2) is 0 Å². The molecule has 0 aliphatic carbocycles. The first kappa shape index (κ1) is 19.9. The molecule has 0 unspecified atom stereocenters. The number of piperidine rings is 1. The highest BCUT2D eigenvalue weighted by molar-refractivity contribution is 5.85. The number of carbonyl (C=O) groups is 3. The Morgan fingerprint density at radius 1 is 1.08 bits per heavy atom. The number of carbonyl (C=O) groups excluding carboxylic acids is 3. The number of hydrogen-bond acceptors (Lipinski definition) is 3. The molecule has 1 heterocycles. The SMILES string of the molecule is CC(C)(C)C(=O)N1CCC(C(=O)NNC(=O)Cc2ccc(F)cc2)CC1. The Kier molecular flexibility index (Phi) is 6.34. The fraction of sp³-hybridized carbons (Fsp3) is 0.526. The summed E-state index contributed by atoms with van der Waals surface area (Å²) in [5.41, 5.74) is 5.06. The van der Waals surface area contributed by atoms with Gasteiger partial charge in [-0.25, -0.2) is 4.39 Å². The lowest BCUT2D eigenvalue weighted by Gasteiger charge is -2.35. The Morgan fingerprint density at radius 3 is 2.19 bits per heavy atom. The van der Waals surface area contributed by atoms with Crippen LogP contribution < -0.4 is 10.9 Å². The highest BCUT2D eigenvalue weighted by Gasteiger charge is 2.32. The number of likely N-dealkylation sites (tertiary alicyclic amines) is 1. The van der Waals surface area contributed by atoms with E-state index in [1.165, 1.54) is 24.3 Å². The van der Waals surface area contributed by atoms with Crippen LogP contribution in [0.4, 0.5) is 4.39 Å². The van der Waals surface area contributed by atoms with Crippen molar-refractivity contribution in [3.63, 3.8) is 0 Å². The van der Waals surface area contributed by atoms with E-state index in [0.29, 0.717) is 31.5 Å². The number of benzene rings is 1. The van der Waals surface area contributed by atoms with E-state index in [4.69, 9.17) is 0 Å². The van der Waals surface area contributed by atoms with Crippen molar-refractivity contribution < 1.29 is 18.8 Å². The molecule has 2 N–H and O–H groups in total. The summed E-state index contributed by atoms with van der Waals surface area (Å²) in [4.78, 5) is 38.1. The maximum Gasteiger partial charge on any atom is 0.242 e. The molecule has 0 bridgehead atoms. The summed E-state index contributed by atoms with van der Waals surface area (Å²) in [5.74, 6) is -1.13. The van der Waals surface area contributed by atoms with E-state index in [1.54, 1.807) is 4.90 Å². The zero-order chi connectivity index (χ0) is 19.3. The molecule has 0 aromatic heterocycles. The van der Waals surface area contributed by atoms with Gasteiger partial charge in [-0.2, -0.15) is 0 Å². The quantitative estimate of drug-likeness (QED) is 0.804. The molecular weight excluding hydrogens is 337 g/mol. The average molecular weight is 363 g/mol. The van der Waals surface area contributed by atoms with E-state index in [9.17, 15) is 18.8 Å². The van der Waals surface area contributed by atoms with Crippen molar-refractivity contribution in [3.05, 3.63) is 35.6 Å². The lowest BCUT2D eigenvalue weighted by atomic mass is 9.91. The smallest absolute Gasteiger partial charge is 0.242 e. The van der Waals surface area contributed by atoms with Crippen LogP contribution >= 0.6 is 0 Å². The molecule has 1 aliphatic rings.